The third-order valence-electron chi connectivity index (χ3n) is 3.04. The van der Waals surface area contributed by atoms with Crippen LogP contribution in [0, 0.1) is 0 Å². The lowest BCUT2D eigenvalue weighted by Crippen LogP contribution is -2.46. The molecule has 0 atom stereocenters. The van der Waals surface area contributed by atoms with Gasteiger partial charge in [-0.05, 0) is 33.4 Å². The maximum atomic E-state index is 4.28. The molecule has 1 aliphatic rings. The molecule has 0 unspecified atom stereocenters. The molecule has 5 nitrogen and oxygen atoms in total. The molecule has 0 spiro atoms. The van der Waals surface area contributed by atoms with Crippen LogP contribution in [0.25, 0.3) is 0 Å². The van der Waals surface area contributed by atoms with Crippen molar-refractivity contribution in [1.29, 1.82) is 0 Å². The molecule has 0 aliphatic carbocycles. The molecule has 1 fully saturated rings. The van der Waals surface area contributed by atoms with Gasteiger partial charge in [0, 0.05) is 19.1 Å². The molecule has 1 saturated heterocycles. The van der Waals surface area contributed by atoms with E-state index in [9.17, 15) is 0 Å². The summed E-state index contributed by atoms with van der Waals surface area (Å²) in [6, 6.07) is 0. The van der Waals surface area contributed by atoms with Crippen LogP contribution >= 0.6 is 0 Å². The zero-order valence-corrected chi connectivity index (χ0v) is 10.4. The molecule has 16 heavy (non-hydrogen) atoms. The van der Waals surface area contributed by atoms with Crippen LogP contribution in [-0.2, 0) is 13.6 Å². The van der Waals surface area contributed by atoms with Crippen molar-refractivity contribution >= 4 is 0 Å². The topological polar surface area (TPSA) is 46.0 Å². The summed E-state index contributed by atoms with van der Waals surface area (Å²) in [5.74, 6) is 1.04. The molecule has 0 radical (unpaired) electrons. The van der Waals surface area contributed by atoms with E-state index in [4.69, 9.17) is 0 Å². The molecule has 0 amide bonds. The Hall–Kier alpha value is -0.940. The van der Waals surface area contributed by atoms with E-state index >= 15 is 0 Å². The van der Waals surface area contributed by atoms with Crippen molar-refractivity contribution in [2.45, 2.75) is 32.4 Å². The molecule has 1 aliphatic heterocycles. The first-order valence-corrected chi connectivity index (χ1v) is 5.87. The second kappa shape index (κ2) is 4.51. The van der Waals surface area contributed by atoms with Gasteiger partial charge in [-0.25, -0.2) is 4.98 Å². The second-order valence-electron chi connectivity index (χ2n) is 5.17. The van der Waals surface area contributed by atoms with Gasteiger partial charge in [0.05, 0.1) is 6.54 Å². The van der Waals surface area contributed by atoms with Crippen molar-refractivity contribution in [1.82, 2.24) is 25.0 Å². The van der Waals surface area contributed by atoms with E-state index in [0.717, 1.165) is 32.0 Å². The summed E-state index contributed by atoms with van der Waals surface area (Å²) in [5.41, 5.74) is 0.190. The normalized spacial score (nSPS) is 21.9. The van der Waals surface area contributed by atoms with E-state index in [1.165, 1.54) is 6.42 Å². The van der Waals surface area contributed by atoms with Crippen LogP contribution in [-0.4, -0.2) is 44.8 Å². The Morgan fingerprint density at radius 2 is 2.31 bits per heavy atom. The first kappa shape index (κ1) is 11.5. The standard InChI is InChI=1S/C11H21N5/c1-11(2)8-16(6-4-5-13-11)7-10-12-9-14-15(10)3/h9,13H,4-8H2,1-3H3. The highest BCUT2D eigenvalue weighted by molar-refractivity contribution is 4.89. The Balaban J connectivity index is 2.01. The SMILES string of the molecule is Cn1ncnc1CN1CCCNC(C)(C)C1. The van der Waals surface area contributed by atoms with Gasteiger partial charge in [-0.2, -0.15) is 5.10 Å². The Bertz CT molecular complexity index is 344. The van der Waals surface area contributed by atoms with Crippen molar-refractivity contribution in [3.63, 3.8) is 0 Å². The molecule has 0 aromatic carbocycles. The summed E-state index contributed by atoms with van der Waals surface area (Å²) in [6.45, 7) is 8.68. The van der Waals surface area contributed by atoms with Crippen LogP contribution < -0.4 is 5.32 Å². The second-order valence-corrected chi connectivity index (χ2v) is 5.17. The number of aromatic nitrogens is 3. The Kier molecular flexibility index (Phi) is 3.25. The molecule has 2 heterocycles. The number of rotatable bonds is 2. The van der Waals surface area contributed by atoms with E-state index in [1.807, 2.05) is 11.7 Å². The van der Waals surface area contributed by atoms with Gasteiger partial charge in [0.1, 0.15) is 12.2 Å². The molecular weight excluding hydrogens is 202 g/mol. The van der Waals surface area contributed by atoms with E-state index in [1.54, 1.807) is 6.33 Å². The number of aryl methyl sites for hydroxylation is 1. The van der Waals surface area contributed by atoms with Crippen molar-refractivity contribution in [3.8, 4) is 0 Å². The molecular formula is C11H21N5. The zero-order valence-electron chi connectivity index (χ0n) is 10.4. The minimum Gasteiger partial charge on any atom is -0.310 e. The van der Waals surface area contributed by atoms with Gasteiger partial charge >= 0.3 is 0 Å². The van der Waals surface area contributed by atoms with Crippen LogP contribution in [0.4, 0.5) is 0 Å². The first-order chi connectivity index (χ1) is 7.57. The molecule has 1 aromatic rings. The van der Waals surface area contributed by atoms with Crippen molar-refractivity contribution in [2.75, 3.05) is 19.6 Å². The van der Waals surface area contributed by atoms with Gasteiger partial charge in [-0.15, -0.1) is 0 Å². The maximum Gasteiger partial charge on any atom is 0.140 e. The lowest BCUT2D eigenvalue weighted by Gasteiger charge is -2.29. The number of nitrogens with one attached hydrogen (secondary N) is 1. The van der Waals surface area contributed by atoms with Gasteiger partial charge in [0.15, 0.2) is 0 Å². The summed E-state index contributed by atoms with van der Waals surface area (Å²) in [7, 11) is 1.95. The third kappa shape index (κ3) is 2.80. The molecule has 0 bridgehead atoms. The third-order valence-corrected chi connectivity index (χ3v) is 3.04. The van der Waals surface area contributed by atoms with E-state index in [0.29, 0.717) is 0 Å². The maximum absolute atomic E-state index is 4.28. The molecule has 1 aromatic heterocycles. The fourth-order valence-corrected chi connectivity index (χ4v) is 2.22. The number of nitrogens with zero attached hydrogens (tertiary/aromatic N) is 4. The number of hydrogen-bond donors (Lipinski definition) is 1. The quantitative estimate of drug-likeness (QED) is 0.788. The minimum absolute atomic E-state index is 0.190. The Morgan fingerprint density at radius 1 is 1.50 bits per heavy atom. The Labute approximate surface area is 96.8 Å². The lowest BCUT2D eigenvalue weighted by molar-refractivity contribution is 0.217. The van der Waals surface area contributed by atoms with Gasteiger partial charge in [-0.1, -0.05) is 0 Å². The van der Waals surface area contributed by atoms with Gasteiger partial charge in [-0.3, -0.25) is 9.58 Å². The smallest absolute Gasteiger partial charge is 0.140 e. The summed E-state index contributed by atoms with van der Waals surface area (Å²) in [5, 5.41) is 7.67. The molecule has 90 valence electrons. The Morgan fingerprint density at radius 3 is 3.00 bits per heavy atom. The van der Waals surface area contributed by atoms with Crippen LogP contribution in [0.2, 0.25) is 0 Å². The van der Waals surface area contributed by atoms with Crippen LogP contribution in [0.15, 0.2) is 6.33 Å². The van der Waals surface area contributed by atoms with Crippen LogP contribution in [0.5, 0.6) is 0 Å². The molecule has 2 rings (SSSR count). The lowest BCUT2D eigenvalue weighted by atomic mass is 10.1. The molecule has 0 saturated carbocycles. The average molecular weight is 223 g/mol. The van der Waals surface area contributed by atoms with Crippen molar-refractivity contribution < 1.29 is 0 Å². The number of hydrogen-bond acceptors (Lipinski definition) is 4. The monoisotopic (exact) mass is 223 g/mol. The summed E-state index contributed by atoms with van der Waals surface area (Å²) in [4.78, 5) is 6.73. The van der Waals surface area contributed by atoms with Gasteiger partial charge in [0.2, 0.25) is 0 Å². The first-order valence-electron chi connectivity index (χ1n) is 5.87. The summed E-state index contributed by atoms with van der Waals surface area (Å²) >= 11 is 0. The largest absolute Gasteiger partial charge is 0.310 e. The van der Waals surface area contributed by atoms with Crippen LogP contribution in [0.1, 0.15) is 26.1 Å². The van der Waals surface area contributed by atoms with Crippen molar-refractivity contribution in [2.24, 2.45) is 7.05 Å². The summed E-state index contributed by atoms with van der Waals surface area (Å²) < 4.78 is 1.85. The minimum atomic E-state index is 0.190. The zero-order chi connectivity index (χ0) is 11.6. The highest BCUT2D eigenvalue weighted by Gasteiger charge is 2.24. The fraction of sp³-hybridized carbons (Fsp3) is 0.818. The summed E-state index contributed by atoms with van der Waals surface area (Å²) in [6.07, 6.45) is 2.82. The predicted molar refractivity (Wildman–Crippen MR) is 63.0 cm³/mol. The predicted octanol–water partition coefficient (Wildman–Crippen LogP) is 0.389. The highest BCUT2D eigenvalue weighted by atomic mass is 15.3. The van der Waals surface area contributed by atoms with Gasteiger partial charge in [0.25, 0.3) is 0 Å². The highest BCUT2D eigenvalue weighted by Crippen LogP contribution is 2.12. The van der Waals surface area contributed by atoms with E-state index in [-0.39, 0.29) is 5.54 Å². The van der Waals surface area contributed by atoms with Crippen molar-refractivity contribution in [3.05, 3.63) is 12.2 Å². The average Bonchev–Trinajstić information content (AvgIpc) is 2.49. The van der Waals surface area contributed by atoms with E-state index in [2.05, 4.69) is 34.1 Å². The molecule has 1 N–H and O–H groups in total. The fourth-order valence-electron chi connectivity index (χ4n) is 2.22. The van der Waals surface area contributed by atoms with Gasteiger partial charge < -0.3 is 5.32 Å². The molecule has 5 heteroatoms. The van der Waals surface area contributed by atoms with E-state index < -0.39 is 0 Å². The van der Waals surface area contributed by atoms with Crippen LogP contribution in [0.3, 0.4) is 0 Å².